The van der Waals surface area contributed by atoms with Crippen LogP contribution in [0.1, 0.15) is 6.92 Å². The van der Waals surface area contributed by atoms with Crippen LogP contribution >= 0.6 is 0 Å². The maximum Gasteiger partial charge on any atom is 0.404 e. The third-order valence-electron chi connectivity index (χ3n) is 5.80. The number of ether oxygens (including phenoxy) is 2. The molecule has 4 rings (SSSR count). The summed E-state index contributed by atoms with van der Waals surface area (Å²) >= 11 is 0. The van der Waals surface area contributed by atoms with E-state index in [2.05, 4.69) is 16.6 Å². The number of rotatable bonds is 5. The van der Waals surface area contributed by atoms with E-state index in [1.54, 1.807) is 6.92 Å². The van der Waals surface area contributed by atoms with Crippen LogP contribution in [0.15, 0.2) is 22.5 Å². The van der Waals surface area contributed by atoms with Gasteiger partial charge in [-0.3, -0.25) is 9.59 Å². The van der Waals surface area contributed by atoms with Crippen molar-refractivity contribution in [2.45, 2.75) is 24.7 Å². The lowest BCUT2D eigenvalue weighted by molar-refractivity contribution is -0.137. The number of fused-ring (bicyclic) bond motifs is 4. The second kappa shape index (κ2) is 5.84. The van der Waals surface area contributed by atoms with Crippen LogP contribution in [-0.4, -0.2) is 67.2 Å². The van der Waals surface area contributed by atoms with Crippen LogP contribution in [0.5, 0.6) is 0 Å². The quantitative estimate of drug-likeness (QED) is 0.305. The zero-order valence-electron chi connectivity index (χ0n) is 15.0. The molecular formula is C18H20N4O5. The minimum Gasteiger partial charge on any atom is -0.449 e. The van der Waals surface area contributed by atoms with Crippen LogP contribution in [0.25, 0.3) is 0 Å². The smallest absolute Gasteiger partial charge is 0.404 e. The number of methoxy groups -OCH3 is 1. The Hall–Kier alpha value is -2.83. The van der Waals surface area contributed by atoms with Gasteiger partial charge in [0.1, 0.15) is 6.61 Å². The number of ketones is 2. The molecule has 4 N–H and O–H groups in total. The van der Waals surface area contributed by atoms with E-state index in [1.165, 1.54) is 7.11 Å². The first-order chi connectivity index (χ1) is 12.9. The molecule has 4 aliphatic rings. The first kappa shape index (κ1) is 17.6. The van der Waals surface area contributed by atoms with Gasteiger partial charge in [-0.25, -0.2) is 4.79 Å². The summed E-state index contributed by atoms with van der Waals surface area (Å²) in [4.78, 5) is 39.4. The third kappa shape index (κ3) is 2.17. The molecule has 0 saturated carbocycles. The van der Waals surface area contributed by atoms with Crippen molar-refractivity contribution in [2.24, 2.45) is 11.7 Å². The second-order valence-corrected chi connectivity index (χ2v) is 6.98. The van der Waals surface area contributed by atoms with E-state index < -0.39 is 17.7 Å². The Bertz CT molecular complexity index is 869. The molecule has 0 aromatic heterocycles. The van der Waals surface area contributed by atoms with E-state index in [9.17, 15) is 14.4 Å². The summed E-state index contributed by atoms with van der Waals surface area (Å²) in [5.74, 6) is 1.16. The number of nitrogens with one attached hydrogen (secondary N) is 2. The summed E-state index contributed by atoms with van der Waals surface area (Å²) in [6.45, 7) is 2.08. The minimum absolute atomic E-state index is 0.0717. The molecule has 0 aromatic rings. The summed E-state index contributed by atoms with van der Waals surface area (Å²) in [5, 5.41) is 6.15. The summed E-state index contributed by atoms with van der Waals surface area (Å²) in [5.41, 5.74) is 5.24. The number of terminal acetylenes is 1. The molecule has 9 nitrogen and oxygen atoms in total. The lowest BCUT2D eigenvalue weighted by Crippen LogP contribution is -2.55. The van der Waals surface area contributed by atoms with Gasteiger partial charge < -0.3 is 30.7 Å². The van der Waals surface area contributed by atoms with E-state index in [0.717, 1.165) is 0 Å². The molecule has 3 unspecified atom stereocenters. The Kier molecular flexibility index (Phi) is 3.80. The lowest BCUT2D eigenvalue weighted by atomic mass is 9.82. The first-order valence-electron chi connectivity index (χ1n) is 8.61. The minimum atomic E-state index is -0.974. The van der Waals surface area contributed by atoms with Crippen molar-refractivity contribution < 1.29 is 23.9 Å². The molecule has 0 radical (unpaired) electrons. The summed E-state index contributed by atoms with van der Waals surface area (Å²) in [7, 11) is 1.53. The highest BCUT2D eigenvalue weighted by atomic mass is 16.6. The van der Waals surface area contributed by atoms with Crippen LogP contribution in [0.3, 0.4) is 0 Å². The van der Waals surface area contributed by atoms with E-state index >= 15 is 0 Å². The van der Waals surface area contributed by atoms with Gasteiger partial charge in [-0.05, 0) is 6.92 Å². The standard InChI is InChI=1S/C18H20N4O5/c1-4-5-20-12-8(2)14(23)13-11(15(12)24)9(7-27-17(19)25)18(26-3)16-10(21-16)6-22(13)18/h1,9-10,16,20-21H,5-7H2,2-3H3,(H2,19,25)/t9?,10?,16?,18-/m1/s1. The number of piperazine rings is 1. The molecule has 27 heavy (non-hydrogen) atoms. The lowest BCUT2D eigenvalue weighted by Gasteiger charge is -2.39. The molecule has 0 aromatic carbocycles. The van der Waals surface area contributed by atoms with Gasteiger partial charge in [0, 0.05) is 30.8 Å². The Balaban J connectivity index is 1.80. The number of amides is 1. The number of allylic oxidation sites excluding steroid dienone is 2. The molecule has 2 fully saturated rings. The van der Waals surface area contributed by atoms with Crippen LogP contribution in [0, 0.1) is 18.3 Å². The van der Waals surface area contributed by atoms with Crippen LogP contribution < -0.4 is 16.4 Å². The number of carbonyl (C=O) groups excluding carboxylic acids is 3. The summed E-state index contributed by atoms with van der Waals surface area (Å²) < 4.78 is 10.9. The maximum absolute atomic E-state index is 13.3. The van der Waals surface area contributed by atoms with E-state index in [0.29, 0.717) is 17.8 Å². The molecule has 0 bridgehead atoms. The fourth-order valence-electron chi connectivity index (χ4n) is 4.64. The molecule has 1 amide bonds. The van der Waals surface area contributed by atoms with Gasteiger partial charge in [0.2, 0.25) is 11.6 Å². The molecule has 4 atom stereocenters. The normalized spacial score (nSPS) is 33.5. The average Bonchev–Trinajstić information content (AvgIpc) is 3.24. The number of Topliss-reactive ketones (excluding diaryl/α,β-unsaturated/α-hetero) is 2. The van der Waals surface area contributed by atoms with Gasteiger partial charge in [-0.2, -0.15) is 0 Å². The van der Waals surface area contributed by atoms with Crippen molar-refractivity contribution in [3.05, 3.63) is 22.5 Å². The maximum atomic E-state index is 13.3. The second-order valence-electron chi connectivity index (χ2n) is 6.98. The van der Waals surface area contributed by atoms with Gasteiger partial charge >= 0.3 is 6.09 Å². The molecular weight excluding hydrogens is 352 g/mol. The third-order valence-corrected chi connectivity index (χ3v) is 5.80. The number of hydrogen-bond acceptors (Lipinski definition) is 8. The van der Waals surface area contributed by atoms with E-state index in [4.69, 9.17) is 21.6 Å². The number of nitrogens with zero attached hydrogens (tertiary/aromatic N) is 1. The Labute approximate surface area is 155 Å². The molecule has 9 heteroatoms. The van der Waals surface area contributed by atoms with Crippen LogP contribution in [0.4, 0.5) is 4.79 Å². The molecule has 3 aliphatic heterocycles. The zero-order valence-corrected chi connectivity index (χ0v) is 15.0. The monoisotopic (exact) mass is 372 g/mol. The number of primary amides is 1. The van der Waals surface area contributed by atoms with Crippen molar-refractivity contribution in [1.29, 1.82) is 0 Å². The predicted octanol–water partition coefficient (Wildman–Crippen LogP) is -1.39. The molecule has 0 spiro atoms. The fraction of sp³-hybridized carbons (Fsp3) is 0.500. The van der Waals surface area contributed by atoms with Crippen LogP contribution in [-0.2, 0) is 19.1 Å². The van der Waals surface area contributed by atoms with E-state index in [1.807, 2.05) is 4.90 Å². The van der Waals surface area contributed by atoms with Gasteiger partial charge in [-0.1, -0.05) is 5.92 Å². The Morgan fingerprint density at radius 1 is 1.48 bits per heavy atom. The largest absolute Gasteiger partial charge is 0.449 e. The van der Waals surface area contributed by atoms with Crippen molar-refractivity contribution in [1.82, 2.24) is 15.5 Å². The van der Waals surface area contributed by atoms with Crippen molar-refractivity contribution >= 4 is 17.7 Å². The fourth-order valence-corrected chi connectivity index (χ4v) is 4.64. The van der Waals surface area contributed by atoms with Crippen molar-refractivity contribution in [3.63, 3.8) is 0 Å². The highest BCUT2D eigenvalue weighted by molar-refractivity contribution is 6.25. The first-order valence-corrected chi connectivity index (χ1v) is 8.61. The molecule has 142 valence electrons. The average molecular weight is 372 g/mol. The van der Waals surface area contributed by atoms with Gasteiger partial charge in [-0.15, -0.1) is 6.42 Å². The van der Waals surface area contributed by atoms with Gasteiger partial charge in [0.15, 0.2) is 5.72 Å². The molecule has 2 saturated heterocycles. The van der Waals surface area contributed by atoms with E-state index in [-0.39, 0.29) is 48.1 Å². The number of nitrogens with two attached hydrogens (primary N) is 1. The van der Waals surface area contributed by atoms with Gasteiger partial charge in [0.05, 0.1) is 29.9 Å². The SMILES string of the molecule is C#CCNC1=C(C)C(=O)C2=C(C1=O)C(COC(N)=O)[C@@]1(OC)C3NC3CN21. The Morgan fingerprint density at radius 3 is 2.85 bits per heavy atom. The topological polar surface area (TPSA) is 133 Å². The highest BCUT2D eigenvalue weighted by Gasteiger charge is 2.72. The molecule has 1 aliphatic carbocycles. The number of hydrogen-bond donors (Lipinski definition) is 3. The van der Waals surface area contributed by atoms with Crippen molar-refractivity contribution in [2.75, 3.05) is 26.8 Å². The Morgan fingerprint density at radius 2 is 2.22 bits per heavy atom. The summed E-state index contributed by atoms with van der Waals surface area (Å²) in [6.07, 6.45) is 4.32. The summed E-state index contributed by atoms with van der Waals surface area (Å²) in [6, 6.07) is 0.0841. The highest BCUT2D eigenvalue weighted by Crippen LogP contribution is 2.55. The van der Waals surface area contributed by atoms with Crippen LogP contribution in [0.2, 0.25) is 0 Å². The van der Waals surface area contributed by atoms with Crippen molar-refractivity contribution in [3.8, 4) is 12.3 Å². The zero-order chi connectivity index (χ0) is 19.5. The molecule has 3 heterocycles. The van der Waals surface area contributed by atoms with Gasteiger partial charge in [0.25, 0.3) is 0 Å². The predicted molar refractivity (Wildman–Crippen MR) is 92.8 cm³/mol. The number of carbonyl (C=O) groups is 3.